The van der Waals surface area contributed by atoms with Crippen molar-refractivity contribution in [3.05, 3.63) is 48.0 Å². The smallest absolute Gasteiger partial charge is 0.338 e. The average Bonchev–Trinajstić information content (AvgIpc) is 2.30. The van der Waals surface area contributed by atoms with Gasteiger partial charge in [0.1, 0.15) is 11.4 Å². The van der Waals surface area contributed by atoms with Gasteiger partial charge in [0, 0.05) is 5.56 Å². The first-order chi connectivity index (χ1) is 8.27. The number of azo groups is 1. The van der Waals surface area contributed by atoms with E-state index in [1.807, 2.05) is 30.3 Å². The molecule has 0 aliphatic carbocycles. The molecule has 17 heavy (non-hydrogen) atoms. The maximum Gasteiger partial charge on any atom is 0.338 e. The van der Waals surface area contributed by atoms with Crippen LogP contribution in [0.15, 0.2) is 52.7 Å². The summed E-state index contributed by atoms with van der Waals surface area (Å²) < 4.78 is 0. The number of fused-ring (bicyclic) bond motifs is 1. The molecule has 82 valence electrons. The fourth-order valence-electron chi connectivity index (χ4n) is 1.86. The first-order valence-corrected chi connectivity index (χ1v) is 5.15. The molecule has 4 heteroatoms. The molecule has 1 N–H and O–H groups in total. The van der Waals surface area contributed by atoms with Gasteiger partial charge < -0.3 is 5.11 Å². The summed E-state index contributed by atoms with van der Waals surface area (Å²) >= 11 is 0. The molecule has 3 rings (SSSR count). The highest BCUT2D eigenvalue weighted by molar-refractivity contribution is 6.01. The molecule has 0 aromatic heterocycles. The van der Waals surface area contributed by atoms with Gasteiger partial charge in [-0.2, -0.15) is 0 Å². The van der Waals surface area contributed by atoms with Crippen LogP contribution in [0.4, 0.5) is 11.4 Å². The summed E-state index contributed by atoms with van der Waals surface area (Å²) in [5.41, 5.74) is 3.27. The van der Waals surface area contributed by atoms with E-state index in [4.69, 9.17) is 5.11 Å². The van der Waals surface area contributed by atoms with E-state index in [9.17, 15) is 4.79 Å². The van der Waals surface area contributed by atoms with Gasteiger partial charge >= 0.3 is 5.97 Å². The Balaban J connectivity index is 2.17. The molecule has 0 saturated carbocycles. The number of carboxylic acids is 1. The molecular weight excluding hydrogens is 216 g/mol. The molecular formula is C13H8N2O2. The normalized spacial score (nSPS) is 11.8. The Kier molecular flexibility index (Phi) is 2.01. The Morgan fingerprint density at radius 2 is 1.65 bits per heavy atom. The van der Waals surface area contributed by atoms with Crippen molar-refractivity contribution in [2.24, 2.45) is 10.2 Å². The van der Waals surface area contributed by atoms with Crippen LogP contribution in [-0.2, 0) is 0 Å². The number of rotatable bonds is 2. The van der Waals surface area contributed by atoms with E-state index in [1.54, 1.807) is 12.1 Å². The number of hydrogen-bond acceptors (Lipinski definition) is 3. The number of hydrogen-bond donors (Lipinski definition) is 1. The van der Waals surface area contributed by atoms with Crippen LogP contribution < -0.4 is 0 Å². The van der Waals surface area contributed by atoms with Crippen LogP contribution in [0.2, 0.25) is 0 Å². The summed E-state index contributed by atoms with van der Waals surface area (Å²) in [7, 11) is 0. The Labute approximate surface area is 97.3 Å². The highest BCUT2D eigenvalue weighted by Gasteiger charge is 2.23. The van der Waals surface area contributed by atoms with Crippen molar-refractivity contribution >= 4 is 17.3 Å². The zero-order chi connectivity index (χ0) is 11.8. The SMILES string of the molecule is O=C(O)c1ccc(-c2ccccc2)c2c1N=N2. The largest absolute Gasteiger partial charge is 0.478 e. The van der Waals surface area contributed by atoms with Gasteiger partial charge in [-0.15, -0.1) is 10.2 Å². The highest BCUT2D eigenvalue weighted by atomic mass is 16.4. The molecule has 0 fully saturated rings. The maximum absolute atomic E-state index is 11.0. The summed E-state index contributed by atoms with van der Waals surface area (Å²) in [6.07, 6.45) is 0. The summed E-state index contributed by atoms with van der Waals surface area (Å²) in [5, 5.41) is 16.7. The second kappa shape index (κ2) is 3.52. The van der Waals surface area contributed by atoms with Crippen LogP contribution in [0.1, 0.15) is 10.4 Å². The fourth-order valence-corrected chi connectivity index (χ4v) is 1.86. The van der Waals surface area contributed by atoms with Gasteiger partial charge in [0.05, 0.1) is 5.56 Å². The van der Waals surface area contributed by atoms with Crippen LogP contribution in [0.5, 0.6) is 0 Å². The minimum absolute atomic E-state index is 0.203. The zero-order valence-corrected chi connectivity index (χ0v) is 8.79. The molecule has 0 unspecified atom stereocenters. The molecule has 0 radical (unpaired) electrons. The van der Waals surface area contributed by atoms with Crippen molar-refractivity contribution in [2.75, 3.05) is 0 Å². The van der Waals surface area contributed by atoms with Crippen LogP contribution in [-0.4, -0.2) is 11.1 Å². The number of benzene rings is 2. The van der Waals surface area contributed by atoms with Gasteiger partial charge in [-0.3, -0.25) is 0 Å². The van der Waals surface area contributed by atoms with Gasteiger partial charge in [-0.25, -0.2) is 4.79 Å². The van der Waals surface area contributed by atoms with Gasteiger partial charge in [0.25, 0.3) is 0 Å². The fraction of sp³-hybridized carbons (Fsp3) is 0. The number of nitrogens with zero attached hydrogens (tertiary/aromatic N) is 2. The lowest BCUT2D eigenvalue weighted by molar-refractivity contribution is 0.0697. The Hall–Kier alpha value is -2.49. The van der Waals surface area contributed by atoms with Crippen molar-refractivity contribution in [1.82, 2.24) is 0 Å². The quantitative estimate of drug-likeness (QED) is 0.719. The van der Waals surface area contributed by atoms with Crippen molar-refractivity contribution < 1.29 is 9.90 Å². The van der Waals surface area contributed by atoms with Gasteiger partial charge in [-0.05, 0) is 11.6 Å². The summed E-state index contributed by atoms with van der Waals surface area (Å²) in [6, 6.07) is 13.1. The monoisotopic (exact) mass is 224 g/mol. The zero-order valence-electron chi connectivity index (χ0n) is 8.79. The standard InChI is InChI=1S/C13H8N2O2/c16-13(17)10-7-6-9(11-12(10)15-14-11)8-4-2-1-3-5-8/h1-7H,(H,16,17). The van der Waals surface area contributed by atoms with Crippen LogP contribution in [0.3, 0.4) is 0 Å². The Morgan fingerprint density at radius 3 is 2.24 bits per heavy atom. The second-order valence-corrected chi connectivity index (χ2v) is 3.73. The van der Waals surface area contributed by atoms with E-state index in [-0.39, 0.29) is 5.56 Å². The van der Waals surface area contributed by atoms with Gasteiger partial charge in [-0.1, -0.05) is 36.4 Å². The second-order valence-electron chi connectivity index (χ2n) is 3.73. The lowest BCUT2D eigenvalue weighted by atomic mass is 9.99. The molecule has 0 spiro atoms. The molecule has 2 aromatic rings. The average molecular weight is 224 g/mol. The van der Waals surface area contributed by atoms with E-state index >= 15 is 0 Å². The number of carboxylic acid groups (broad SMARTS) is 1. The molecule has 1 aliphatic rings. The predicted molar refractivity (Wildman–Crippen MR) is 63.0 cm³/mol. The van der Waals surface area contributed by atoms with Crippen molar-refractivity contribution in [2.45, 2.75) is 0 Å². The Morgan fingerprint density at radius 1 is 0.941 bits per heavy atom. The molecule has 1 aliphatic heterocycles. The lowest BCUT2D eigenvalue weighted by Gasteiger charge is -2.15. The van der Waals surface area contributed by atoms with Gasteiger partial charge in [0.2, 0.25) is 0 Å². The molecule has 0 amide bonds. The summed E-state index contributed by atoms with van der Waals surface area (Å²) in [5.74, 6) is -0.973. The van der Waals surface area contributed by atoms with E-state index in [1.165, 1.54) is 0 Å². The molecule has 1 heterocycles. The van der Waals surface area contributed by atoms with Crippen LogP contribution >= 0.6 is 0 Å². The van der Waals surface area contributed by atoms with Crippen molar-refractivity contribution in [3.8, 4) is 11.1 Å². The van der Waals surface area contributed by atoms with E-state index in [0.717, 1.165) is 11.1 Å². The minimum atomic E-state index is -0.973. The maximum atomic E-state index is 11.0. The molecule has 0 atom stereocenters. The van der Waals surface area contributed by atoms with Gasteiger partial charge in [0.15, 0.2) is 0 Å². The minimum Gasteiger partial charge on any atom is -0.478 e. The first kappa shape index (κ1) is 9.72. The highest BCUT2D eigenvalue weighted by Crippen LogP contribution is 2.47. The van der Waals surface area contributed by atoms with Crippen molar-refractivity contribution in [1.29, 1.82) is 0 Å². The van der Waals surface area contributed by atoms with E-state index < -0.39 is 5.97 Å². The van der Waals surface area contributed by atoms with E-state index in [2.05, 4.69) is 10.2 Å². The Bertz CT molecular complexity index is 633. The number of aromatic carboxylic acids is 1. The third-order valence-electron chi connectivity index (χ3n) is 2.72. The summed E-state index contributed by atoms with van der Waals surface area (Å²) in [6.45, 7) is 0. The first-order valence-electron chi connectivity index (χ1n) is 5.15. The molecule has 0 bridgehead atoms. The third kappa shape index (κ3) is 1.42. The van der Waals surface area contributed by atoms with Crippen molar-refractivity contribution in [3.63, 3.8) is 0 Å². The summed E-state index contributed by atoms with van der Waals surface area (Å²) in [4.78, 5) is 11.0. The molecule has 0 saturated heterocycles. The topological polar surface area (TPSA) is 62.0 Å². The third-order valence-corrected chi connectivity index (χ3v) is 2.72. The van der Waals surface area contributed by atoms with Crippen LogP contribution in [0, 0.1) is 0 Å². The molecule has 4 nitrogen and oxygen atoms in total. The number of carbonyl (C=O) groups is 1. The molecule has 2 aromatic carbocycles. The van der Waals surface area contributed by atoms with E-state index in [0.29, 0.717) is 11.4 Å². The lowest BCUT2D eigenvalue weighted by Crippen LogP contribution is -1.99. The predicted octanol–water partition coefficient (Wildman–Crippen LogP) is 3.78. The van der Waals surface area contributed by atoms with Crippen LogP contribution in [0.25, 0.3) is 11.1 Å².